The monoisotopic (exact) mass is 258 g/mol. The van der Waals surface area contributed by atoms with E-state index in [4.69, 9.17) is 4.74 Å². The van der Waals surface area contributed by atoms with Gasteiger partial charge in [-0.3, -0.25) is 9.59 Å². The fourth-order valence-electron chi connectivity index (χ4n) is 3.54. The predicted molar refractivity (Wildman–Crippen MR) is 71.3 cm³/mol. The van der Waals surface area contributed by atoms with Crippen molar-refractivity contribution in [3.63, 3.8) is 0 Å². The fraction of sp³-hybridized carbons (Fsp3) is 0.500. The Morgan fingerprint density at radius 3 is 2.58 bits per heavy atom. The molecule has 0 radical (unpaired) electrons. The fourth-order valence-corrected chi connectivity index (χ4v) is 3.54. The lowest BCUT2D eigenvalue weighted by atomic mass is 9.83. The molecule has 100 valence electrons. The topological polar surface area (TPSA) is 43.4 Å². The molecule has 2 bridgehead atoms. The molecular formula is C16H18O3. The van der Waals surface area contributed by atoms with Crippen LogP contribution in [-0.4, -0.2) is 18.7 Å². The molecule has 0 aliphatic heterocycles. The van der Waals surface area contributed by atoms with Gasteiger partial charge in [0.05, 0.1) is 7.11 Å². The van der Waals surface area contributed by atoms with Crippen molar-refractivity contribution in [2.24, 2.45) is 17.8 Å². The van der Waals surface area contributed by atoms with Crippen LogP contribution in [0.5, 0.6) is 5.75 Å². The van der Waals surface area contributed by atoms with Crippen LogP contribution in [0.3, 0.4) is 0 Å². The van der Waals surface area contributed by atoms with Gasteiger partial charge in [-0.15, -0.1) is 0 Å². The molecule has 1 aromatic carbocycles. The summed E-state index contributed by atoms with van der Waals surface area (Å²) in [5, 5.41) is 0. The Kier molecular flexibility index (Phi) is 3.13. The Balaban J connectivity index is 1.69. The number of carbonyl (C=O) groups is 2. The zero-order valence-corrected chi connectivity index (χ0v) is 11.1. The Hall–Kier alpha value is -1.64. The van der Waals surface area contributed by atoms with Gasteiger partial charge in [0.15, 0.2) is 5.78 Å². The number of hydrogen-bond acceptors (Lipinski definition) is 3. The van der Waals surface area contributed by atoms with Gasteiger partial charge in [-0.2, -0.15) is 0 Å². The highest BCUT2D eigenvalue weighted by Gasteiger charge is 2.47. The molecular weight excluding hydrogens is 240 g/mol. The Labute approximate surface area is 113 Å². The largest absolute Gasteiger partial charge is 0.497 e. The molecule has 0 spiro atoms. The average Bonchev–Trinajstić information content (AvgIpc) is 3.02. The summed E-state index contributed by atoms with van der Waals surface area (Å²) in [7, 11) is 1.60. The lowest BCUT2D eigenvalue weighted by molar-refractivity contribution is -0.125. The second-order valence-electron chi connectivity index (χ2n) is 5.63. The molecule has 2 saturated carbocycles. The van der Waals surface area contributed by atoms with Gasteiger partial charge in [-0.1, -0.05) is 0 Å². The quantitative estimate of drug-likeness (QED) is 0.780. The van der Waals surface area contributed by atoms with E-state index in [1.54, 1.807) is 31.4 Å². The number of ether oxygens (including phenoxy) is 1. The zero-order valence-electron chi connectivity index (χ0n) is 11.1. The summed E-state index contributed by atoms with van der Waals surface area (Å²) in [4.78, 5) is 24.3. The van der Waals surface area contributed by atoms with Gasteiger partial charge in [-0.05, 0) is 49.4 Å². The van der Waals surface area contributed by atoms with Gasteiger partial charge in [-0.25, -0.2) is 0 Å². The van der Waals surface area contributed by atoms with Crippen LogP contribution in [0.25, 0.3) is 0 Å². The van der Waals surface area contributed by atoms with E-state index < -0.39 is 0 Å². The molecule has 3 nitrogen and oxygen atoms in total. The molecule has 0 heterocycles. The van der Waals surface area contributed by atoms with Crippen molar-refractivity contribution in [1.82, 2.24) is 0 Å². The normalized spacial score (nSPS) is 28.7. The van der Waals surface area contributed by atoms with E-state index in [9.17, 15) is 9.59 Å². The molecule has 2 aliphatic rings. The molecule has 0 aromatic heterocycles. The molecule has 3 atom stereocenters. The highest BCUT2D eigenvalue weighted by Crippen LogP contribution is 2.47. The van der Waals surface area contributed by atoms with E-state index in [1.807, 2.05) is 0 Å². The SMILES string of the molecule is COc1ccc(C(=O)CC2C(=O)C3CCC2C3)cc1. The third-order valence-electron chi connectivity index (χ3n) is 4.63. The van der Waals surface area contributed by atoms with E-state index in [1.165, 1.54) is 0 Å². The number of rotatable bonds is 4. The van der Waals surface area contributed by atoms with E-state index in [0.717, 1.165) is 25.0 Å². The Bertz CT molecular complexity index is 503. The molecule has 3 unspecified atom stereocenters. The van der Waals surface area contributed by atoms with E-state index >= 15 is 0 Å². The Morgan fingerprint density at radius 2 is 2.00 bits per heavy atom. The Morgan fingerprint density at radius 1 is 1.26 bits per heavy atom. The molecule has 1 aromatic rings. The predicted octanol–water partition coefficient (Wildman–Crippen LogP) is 2.88. The zero-order chi connectivity index (χ0) is 13.4. The minimum atomic E-state index is -0.0200. The van der Waals surface area contributed by atoms with E-state index in [0.29, 0.717) is 23.7 Å². The van der Waals surface area contributed by atoms with Crippen molar-refractivity contribution >= 4 is 11.6 Å². The number of fused-ring (bicyclic) bond motifs is 2. The number of carbonyl (C=O) groups excluding carboxylic acids is 2. The van der Waals surface area contributed by atoms with Crippen LogP contribution in [0.1, 0.15) is 36.0 Å². The lowest BCUT2D eigenvalue weighted by Crippen LogP contribution is -2.24. The van der Waals surface area contributed by atoms with Gasteiger partial charge in [0.1, 0.15) is 11.5 Å². The minimum absolute atomic E-state index is 0.0200. The van der Waals surface area contributed by atoms with Crippen LogP contribution < -0.4 is 4.74 Å². The summed E-state index contributed by atoms with van der Waals surface area (Å²) in [5.41, 5.74) is 0.677. The van der Waals surface area contributed by atoms with Crippen LogP contribution in [0.15, 0.2) is 24.3 Å². The highest BCUT2D eigenvalue weighted by molar-refractivity contribution is 6.00. The standard InChI is InChI=1S/C16H18O3/c1-19-13-6-4-10(5-7-13)15(17)9-14-11-2-3-12(8-11)16(14)18/h4-7,11-12,14H,2-3,8-9H2,1H3. The minimum Gasteiger partial charge on any atom is -0.497 e. The van der Waals surface area contributed by atoms with E-state index in [-0.39, 0.29) is 17.6 Å². The van der Waals surface area contributed by atoms with Crippen LogP contribution in [-0.2, 0) is 4.79 Å². The van der Waals surface area contributed by atoms with Gasteiger partial charge >= 0.3 is 0 Å². The average molecular weight is 258 g/mol. The van der Waals surface area contributed by atoms with Crippen molar-refractivity contribution < 1.29 is 14.3 Å². The maximum Gasteiger partial charge on any atom is 0.163 e. The summed E-state index contributed by atoms with van der Waals surface area (Å²) in [6.45, 7) is 0. The molecule has 3 rings (SSSR count). The number of Topliss-reactive ketones (excluding diaryl/α,β-unsaturated/α-hetero) is 2. The van der Waals surface area contributed by atoms with Gasteiger partial charge in [0.2, 0.25) is 0 Å². The molecule has 19 heavy (non-hydrogen) atoms. The van der Waals surface area contributed by atoms with Gasteiger partial charge < -0.3 is 4.74 Å². The summed E-state index contributed by atoms with van der Waals surface area (Å²) in [5.74, 6) is 1.84. The summed E-state index contributed by atoms with van der Waals surface area (Å²) in [6.07, 6.45) is 3.55. The van der Waals surface area contributed by atoms with Gasteiger partial charge in [0, 0.05) is 23.8 Å². The first-order valence-electron chi connectivity index (χ1n) is 6.90. The number of ketones is 2. The molecule has 0 saturated heterocycles. The number of benzene rings is 1. The third-order valence-corrected chi connectivity index (χ3v) is 4.63. The lowest BCUT2D eigenvalue weighted by Gasteiger charge is -2.19. The second-order valence-corrected chi connectivity index (χ2v) is 5.63. The highest BCUT2D eigenvalue weighted by atomic mass is 16.5. The first-order valence-corrected chi connectivity index (χ1v) is 6.90. The van der Waals surface area contributed by atoms with E-state index in [2.05, 4.69) is 0 Å². The van der Waals surface area contributed by atoms with Gasteiger partial charge in [0.25, 0.3) is 0 Å². The molecule has 2 aliphatic carbocycles. The molecule has 0 amide bonds. The van der Waals surface area contributed by atoms with Crippen molar-refractivity contribution in [3.05, 3.63) is 29.8 Å². The maximum atomic E-state index is 12.2. The third kappa shape index (κ3) is 2.18. The van der Waals surface area contributed by atoms with Crippen LogP contribution in [0.4, 0.5) is 0 Å². The summed E-state index contributed by atoms with van der Waals surface area (Å²) in [6, 6.07) is 7.13. The maximum absolute atomic E-state index is 12.2. The number of methoxy groups -OCH3 is 1. The molecule has 2 fully saturated rings. The summed E-state index contributed by atoms with van der Waals surface area (Å²) >= 11 is 0. The van der Waals surface area contributed by atoms with Crippen molar-refractivity contribution in [2.45, 2.75) is 25.7 Å². The summed E-state index contributed by atoms with van der Waals surface area (Å²) < 4.78 is 5.07. The first-order chi connectivity index (χ1) is 9.19. The smallest absolute Gasteiger partial charge is 0.163 e. The molecule has 3 heteroatoms. The second kappa shape index (κ2) is 4.80. The first kappa shape index (κ1) is 12.4. The molecule has 0 N–H and O–H groups in total. The van der Waals surface area contributed by atoms with Crippen LogP contribution in [0, 0.1) is 17.8 Å². The van der Waals surface area contributed by atoms with Crippen molar-refractivity contribution in [1.29, 1.82) is 0 Å². The van der Waals surface area contributed by atoms with Crippen molar-refractivity contribution in [3.8, 4) is 5.75 Å². The van der Waals surface area contributed by atoms with Crippen molar-refractivity contribution in [2.75, 3.05) is 7.11 Å². The van der Waals surface area contributed by atoms with Crippen LogP contribution >= 0.6 is 0 Å². The number of hydrogen-bond donors (Lipinski definition) is 0. The van der Waals surface area contributed by atoms with Crippen LogP contribution in [0.2, 0.25) is 0 Å².